The average Bonchev–Trinajstić information content (AvgIpc) is 3.30. The van der Waals surface area contributed by atoms with Crippen LogP contribution < -0.4 is 0 Å². The van der Waals surface area contributed by atoms with Gasteiger partial charge in [-0.25, -0.2) is 4.39 Å². The van der Waals surface area contributed by atoms with Crippen molar-refractivity contribution in [1.82, 2.24) is 0 Å². The summed E-state index contributed by atoms with van der Waals surface area (Å²) in [4.78, 5) is 20.1. The van der Waals surface area contributed by atoms with E-state index in [4.69, 9.17) is 28.0 Å². The minimum Gasteiger partial charge on any atom is -0.511 e. The van der Waals surface area contributed by atoms with E-state index in [1.165, 1.54) is 35.6 Å². The molecular weight excluding hydrogens is 589 g/mol. The quantitative estimate of drug-likeness (QED) is 0.148. The molecule has 0 fully saturated rings. The van der Waals surface area contributed by atoms with Crippen molar-refractivity contribution >= 4 is 46.0 Å². The number of hydrogen-bond acceptors (Lipinski definition) is 5. The number of halogens is 6. The number of aliphatic hydroxyl groups excluding tert-OH is 1. The Kier molecular flexibility index (Phi) is 9.27. The molecule has 40 heavy (non-hydrogen) atoms. The number of carbonyl (C=O) groups is 1. The third-order valence-corrected chi connectivity index (χ3v) is 8.28. The van der Waals surface area contributed by atoms with Crippen LogP contribution in [0.1, 0.15) is 60.6 Å². The topological polar surface area (TPSA) is 58.9 Å². The molecule has 0 spiro atoms. The van der Waals surface area contributed by atoms with Crippen molar-refractivity contribution in [2.45, 2.75) is 57.2 Å². The number of carbonyl (C=O) groups excluding carboxylic acids is 1. The molecule has 1 atom stereocenters. The lowest BCUT2D eigenvalue weighted by Crippen LogP contribution is -2.39. The molecule has 4 rings (SSSR count). The summed E-state index contributed by atoms with van der Waals surface area (Å²) >= 11 is 13.6. The molecule has 2 aromatic carbocycles. The smallest absolute Gasteiger partial charge is 0.416 e. The van der Waals surface area contributed by atoms with E-state index in [-0.39, 0.29) is 34.0 Å². The van der Waals surface area contributed by atoms with Crippen LogP contribution in [-0.4, -0.2) is 16.6 Å². The predicted octanol–water partition coefficient (Wildman–Crippen LogP) is 9.44. The fourth-order valence-corrected chi connectivity index (χ4v) is 6.35. The molecule has 1 aliphatic carbocycles. The summed E-state index contributed by atoms with van der Waals surface area (Å²) in [5.41, 5.74) is -2.72. The van der Waals surface area contributed by atoms with Crippen molar-refractivity contribution in [3.8, 4) is 0 Å². The SMILES string of the molecule is CCCC/C(=N\OCc1ccc(Cl)s1)C1=C(O)CC(c2ccc(F)cc2Cl)(c2ccccc2C(F)(F)F)CC1=O. The number of alkyl halides is 3. The normalized spacial score (nSPS) is 18.4. The van der Waals surface area contributed by atoms with Gasteiger partial charge in [0.1, 0.15) is 11.6 Å². The largest absolute Gasteiger partial charge is 0.511 e. The maximum atomic E-state index is 14.2. The molecule has 1 N–H and O–H groups in total. The average molecular weight is 614 g/mol. The van der Waals surface area contributed by atoms with Crippen LogP contribution in [0.2, 0.25) is 9.36 Å². The van der Waals surface area contributed by atoms with E-state index in [2.05, 4.69) is 5.16 Å². The molecule has 0 amide bonds. The van der Waals surface area contributed by atoms with Crippen LogP contribution in [0.25, 0.3) is 0 Å². The summed E-state index contributed by atoms with van der Waals surface area (Å²) in [6.45, 7) is 2.03. The molecule has 0 bridgehead atoms. The molecule has 1 aromatic heterocycles. The third kappa shape index (κ3) is 6.37. The van der Waals surface area contributed by atoms with Crippen molar-refractivity contribution in [1.29, 1.82) is 0 Å². The number of allylic oxidation sites excluding steroid dienone is 2. The first-order valence-electron chi connectivity index (χ1n) is 12.5. The van der Waals surface area contributed by atoms with Crippen LogP contribution in [0.4, 0.5) is 17.6 Å². The van der Waals surface area contributed by atoms with Crippen molar-refractivity contribution in [3.05, 3.63) is 103 Å². The van der Waals surface area contributed by atoms with Crippen LogP contribution in [0.3, 0.4) is 0 Å². The lowest BCUT2D eigenvalue weighted by Gasteiger charge is -2.40. The van der Waals surface area contributed by atoms with Gasteiger partial charge >= 0.3 is 6.18 Å². The van der Waals surface area contributed by atoms with E-state index in [0.29, 0.717) is 17.2 Å². The Labute approximate surface area is 242 Å². The van der Waals surface area contributed by atoms with E-state index in [1.54, 1.807) is 12.1 Å². The molecule has 3 aromatic rings. The number of rotatable bonds is 9. The summed E-state index contributed by atoms with van der Waals surface area (Å²) in [6.07, 6.45) is -3.92. The van der Waals surface area contributed by atoms with E-state index >= 15 is 0 Å². The molecule has 212 valence electrons. The fraction of sp³-hybridized carbons (Fsp3) is 0.310. The zero-order valence-electron chi connectivity index (χ0n) is 21.3. The minimum atomic E-state index is -4.76. The number of oxime groups is 1. The Bertz CT molecular complexity index is 1470. The minimum absolute atomic E-state index is 0.0866. The van der Waals surface area contributed by atoms with E-state index < -0.39 is 47.4 Å². The maximum Gasteiger partial charge on any atom is 0.416 e. The first-order valence-corrected chi connectivity index (χ1v) is 14.0. The molecule has 0 aliphatic heterocycles. The molecule has 1 unspecified atom stereocenters. The zero-order chi connectivity index (χ0) is 29.1. The zero-order valence-corrected chi connectivity index (χ0v) is 23.7. The monoisotopic (exact) mass is 613 g/mol. The Morgan fingerprint density at radius 1 is 1.10 bits per heavy atom. The van der Waals surface area contributed by atoms with Gasteiger partial charge in [-0.2, -0.15) is 13.2 Å². The van der Waals surface area contributed by atoms with Gasteiger partial charge in [-0.15, -0.1) is 11.3 Å². The van der Waals surface area contributed by atoms with Gasteiger partial charge in [0.25, 0.3) is 0 Å². The van der Waals surface area contributed by atoms with Crippen molar-refractivity contribution in [3.63, 3.8) is 0 Å². The summed E-state index contributed by atoms with van der Waals surface area (Å²) in [6, 6.07) is 11.6. The Hall–Kier alpha value is -2.88. The summed E-state index contributed by atoms with van der Waals surface area (Å²) in [7, 11) is 0. The first-order chi connectivity index (χ1) is 19.0. The highest BCUT2D eigenvalue weighted by Gasteiger charge is 2.49. The molecule has 11 heteroatoms. The van der Waals surface area contributed by atoms with Gasteiger partial charge in [0.15, 0.2) is 12.4 Å². The highest BCUT2D eigenvalue weighted by atomic mass is 35.5. The standard InChI is InChI=1S/C29H25Cl2F4NO3S/c1-2-3-8-23(36-39-16-18-10-12-26(31)40-18)27-24(37)14-28(15-25(27)38,21-11-9-17(32)13-22(21)30)19-6-4-5-7-20(19)29(33,34)35/h4-7,9-13,37H,2-3,8,14-16H2,1H3/b36-23+. The molecule has 0 saturated heterocycles. The lowest BCUT2D eigenvalue weighted by atomic mass is 9.63. The van der Waals surface area contributed by atoms with Crippen LogP contribution in [0, 0.1) is 5.82 Å². The number of benzene rings is 2. The van der Waals surface area contributed by atoms with Gasteiger partial charge in [-0.05, 0) is 54.3 Å². The summed E-state index contributed by atoms with van der Waals surface area (Å²) in [5.74, 6) is -1.75. The van der Waals surface area contributed by atoms with Crippen molar-refractivity contribution < 1.29 is 32.3 Å². The van der Waals surface area contributed by atoms with E-state index in [1.807, 2.05) is 6.92 Å². The molecule has 1 heterocycles. The van der Waals surface area contributed by atoms with Gasteiger partial charge in [-0.1, -0.05) is 66.0 Å². The number of hydrogen-bond donors (Lipinski definition) is 1. The van der Waals surface area contributed by atoms with Crippen LogP contribution in [0.5, 0.6) is 0 Å². The second-order valence-electron chi connectivity index (χ2n) is 9.47. The highest BCUT2D eigenvalue weighted by molar-refractivity contribution is 7.16. The second-order valence-corrected chi connectivity index (χ2v) is 11.7. The number of Topliss-reactive ketones (excluding diaryl/α,β-unsaturated/α-hetero) is 1. The number of ketones is 1. The Balaban J connectivity index is 1.83. The Morgan fingerprint density at radius 3 is 2.48 bits per heavy atom. The van der Waals surface area contributed by atoms with Gasteiger partial charge in [0, 0.05) is 28.2 Å². The van der Waals surface area contributed by atoms with Crippen LogP contribution >= 0.6 is 34.5 Å². The molecular formula is C29H25Cl2F4NO3S. The van der Waals surface area contributed by atoms with Crippen LogP contribution in [0.15, 0.2) is 71.1 Å². The molecule has 0 radical (unpaired) electrons. The predicted molar refractivity (Wildman–Crippen MR) is 149 cm³/mol. The second kappa shape index (κ2) is 12.3. The van der Waals surface area contributed by atoms with Gasteiger partial charge in [-0.3, -0.25) is 4.79 Å². The van der Waals surface area contributed by atoms with E-state index in [9.17, 15) is 27.5 Å². The third-order valence-electron chi connectivity index (χ3n) is 6.76. The van der Waals surface area contributed by atoms with Crippen LogP contribution in [-0.2, 0) is 27.8 Å². The lowest BCUT2D eigenvalue weighted by molar-refractivity contribution is -0.139. The van der Waals surface area contributed by atoms with E-state index in [0.717, 1.165) is 29.5 Å². The molecule has 1 aliphatic rings. The Morgan fingerprint density at radius 2 is 1.85 bits per heavy atom. The van der Waals surface area contributed by atoms with Crippen molar-refractivity contribution in [2.24, 2.45) is 5.16 Å². The number of thiophene rings is 1. The molecule has 4 nitrogen and oxygen atoms in total. The molecule has 0 saturated carbocycles. The fourth-order valence-electron chi connectivity index (χ4n) is 5.00. The first kappa shape index (κ1) is 30.1. The van der Waals surface area contributed by atoms with Gasteiger partial charge < -0.3 is 9.94 Å². The summed E-state index contributed by atoms with van der Waals surface area (Å²) < 4.78 is 57.1. The van der Waals surface area contributed by atoms with Gasteiger partial charge in [0.2, 0.25) is 0 Å². The van der Waals surface area contributed by atoms with Crippen molar-refractivity contribution in [2.75, 3.05) is 0 Å². The summed E-state index contributed by atoms with van der Waals surface area (Å²) in [5, 5.41) is 15.3. The van der Waals surface area contributed by atoms with Gasteiger partial charge in [0.05, 0.1) is 21.2 Å². The number of aliphatic hydroxyl groups is 1. The highest BCUT2D eigenvalue weighted by Crippen LogP contribution is 2.51. The maximum absolute atomic E-state index is 14.2. The number of unbranched alkanes of at least 4 members (excludes halogenated alkanes) is 1. The number of nitrogens with zero attached hydrogens (tertiary/aromatic N) is 1.